The van der Waals surface area contributed by atoms with Crippen LogP contribution in [-0.4, -0.2) is 34.7 Å². The molecule has 0 saturated carbocycles. The molecule has 1 atom stereocenters. The quantitative estimate of drug-likeness (QED) is 0.535. The predicted molar refractivity (Wildman–Crippen MR) is 64.6 cm³/mol. The summed E-state index contributed by atoms with van der Waals surface area (Å²) >= 11 is 0. The standard InChI is InChI=1S/C12H16N2O4/c13-12(18)10(14-11(17)5-6-15)7-8-1-3-9(16)4-2-8/h1-4,10,15-16H,5-7H2,(H2,13,18)(H,14,17)/t10-/m0/s1. The Morgan fingerprint density at radius 2 is 1.89 bits per heavy atom. The van der Waals surface area contributed by atoms with Crippen LogP contribution in [0.2, 0.25) is 0 Å². The zero-order valence-corrected chi connectivity index (χ0v) is 9.80. The van der Waals surface area contributed by atoms with Crippen molar-refractivity contribution in [1.82, 2.24) is 5.32 Å². The predicted octanol–water partition coefficient (Wildman–Crippen LogP) is -0.713. The summed E-state index contributed by atoms with van der Waals surface area (Å²) in [6, 6.07) is 5.44. The number of aromatic hydroxyl groups is 1. The summed E-state index contributed by atoms with van der Waals surface area (Å²) in [6.45, 7) is -0.281. The highest BCUT2D eigenvalue weighted by Crippen LogP contribution is 2.11. The van der Waals surface area contributed by atoms with Crippen LogP contribution in [0.5, 0.6) is 5.75 Å². The Labute approximate surface area is 104 Å². The number of aliphatic hydroxyl groups excluding tert-OH is 1. The number of phenolic OH excluding ortho intramolecular Hbond substituents is 1. The van der Waals surface area contributed by atoms with Gasteiger partial charge in [0.25, 0.3) is 0 Å². The number of rotatable bonds is 6. The lowest BCUT2D eigenvalue weighted by Crippen LogP contribution is -2.46. The summed E-state index contributed by atoms with van der Waals surface area (Å²) in [6.07, 6.45) is 0.173. The molecule has 6 heteroatoms. The Kier molecular flexibility index (Phi) is 5.13. The van der Waals surface area contributed by atoms with Crippen molar-refractivity contribution >= 4 is 11.8 Å². The third-order valence-corrected chi connectivity index (χ3v) is 2.39. The van der Waals surface area contributed by atoms with Gasteiger partial charge in [-0.15, -0.1) is 0 Å². The number of nitrogens with one attached hydrogen (secondary N) is 1. The molecule has 0 aromatic heterocycles. The SMILES string of the molecule is NC(=O)[C@H](Cc1ccc(O)cc1)NC(=O)CCO. The van der Waals surface area contributed by atoms with Gasteiger partial charge in [0.05, 0.1) is 6.61 Å². The van der Waals surface area contributed by atoms with Crippen LogP contribution in [0.25, 0.3) is 0 Å². The number of carbonyl (C=O) groups excluding carboxylic acids is 2. The molecule has 18 heavy (non-hydrogen) atoms. The Balaban J connectivity index is 2.65. The molecule has 0 aliphatic carbocycles. The molecule has 0 aliphatic heterocycles. The molecular weight excluding hydrogens is 236 g/mol. The second-order valence-corrected chi connectivity index (χ2v) is 3.87. The molecular formula is C12H16N2O4. The zero-order chi connectivity index (χ0) is 13.5. The summed E-state index contributed by atoms with van der Waals surface area (Å²) in [4.78, 5) is 22.5. The molecule has 1 rings (SSSR count). The largest absolute Gasteiger partial charge is 0.508 e. The first kappa shape index (κ1) is 14.0. The number of aliphatic hydroxyl groups is 1. The minimum absolute atomic E-state index is 0.0701. The van der Waals surface area contributed by atoms with E-state index in [1.165, 1.54) is 12.1 Å². The third kappa shape index (κ3) is 4.42. The van der Waals surface area contributed by atoms with E-state index in [1.807, 2.05) is 0 Å². The van der Waals surface area contributed by atoms with E-state index in [0.29, 0.717) is 0 Å². The maximum Gasteiger partial charge on any atom is 0.240 e. The van der Waals surface area contributed by atoms with Crippen molar-refractivity contribution < 1.29 is 19.8 Å². The first-order valence-electron chi connectivity index (χ1n) is 5.50. The fourth-order valence-corrected chi connectivity index (χ4v) is 1.46. The van der Waals surface area contributed by atoms with Gasteiger partial charge in [-0.1, -0.05) is 12.1 Å². The molecule has 0 spiro atoms. The second-order valence-electron chi connectivity index (χ2n) is 3.87. The van der Waals surface area contributed by atoms with Crippen molar-refractivity contribution in [2.24, 2.45) is 5.73 Å². The Hall–Kier alpha value is -2.08. The van der Waals surface area contributed by atoms with Gasteiger partial charge in [0.15, 0.2) is 0 Å². The van der Waals surface area contributed by atoms with Gasteiger partial charge in [0.2, 0.25) is 11.8 Å². The van der Waals surface area contributed by atoms with Crippen molar-refractivity contribution in [3.05, 3.63) is 29.8 Å². The average molecular weight is 252 g/mol. The lowest BCUT2D eigenvalue weighted by Gasteiger charge is -2.15. The van der Waals surface area contributed by atoms with Crippen molar-refractivity contribution in [2.75, 3.05) is 6.61 Å². The molecule has 0 aliphatic rings. The number of nitrogens with two attached hydrogens (primary N) is 1. The van der Waals surface area contributed by atoms with E-state index in [0.717, 1.165) is 5.56 Å². The van der Waals surface area contributed by atoms with Gasteiger partial charge >= 0.3 is 0 Å². The molecule has 6 nitrogen and oxygen atoms in total. The van der Waals surface area contributed by atoms with E-state index in [1.54, 1.807) is 12.1 Å². The number of hydrogen-bond donors (Lipinski definition) is 4. The van der Waals surface area contributed by atoms with Crippen LogP contribution < -0.4 is 11.1 Å². The fourth-order valence-electron chi connectivity index (χ4n) is 1.46. The molecule has 5 N–H and O–H groups in total. The van der Waals surface area contributed by atoms with Crippen molar-refractivity contribution in [1.29, 1.82) is 0 Å². The molecule has 0 radical (unpaired) electrons. The normalized spacial score (nSPS) is 11.8. The highest BCUT2D eigenvalue weighted by atomic mass is 16.3. The maximum absolute atomic E-state index is 11.3. The van der Waals surface area contributed by atoms with Crippen LogP contribution in [0.4, 0.5) is 0 Å². The van der Waals surface area contributed by atoms with E-state index >= 15 is 0 Å². The Morgan fingerprint density at radius 3 is 2.39 bits per heavy atom. The summed E-state index contributed by atoms with van der Waals surface area (Å²) in [7, 11) is 0. The topological polar surface area (TPSA) is 113 Å². The van der Waals surface area contributed by atoms with Crippen LogP contribution in [0.15, 0.2) is 24.3 Å². The summed E-state index contributed by atoms with van der Waals surface area (Å²) in [5.41, 5.74) is 5.96. The van der Waals surface area contributed by atoms with Crippen LogP contribution in [0.3, 0.4) is 0 Å². The molecule has 0 bridgehead atoms. The van der Waals surface area contributed by atoms with E-state index in [2.05, 4.69) is 5.32 Å². The molecule has 1 aromatic carbocycles. The molecule has 0 fully saturated rings. The van der Waals surface area contributed by atoms with E-state index < -0.39 is 17.9 Å². The van der Waals surface area contributed by atoms with Gasteiger partial charge in [-0.25, -0.2) is 0 Å². The van der Waals surface area contributed by atoms with Crippen LogP contribution in [-0.2, 0) is 16.0 Å². The zero-order valence-electron chi connectivity index (χ0n) is 9.80. The highest BCUT2D eigenvalue weighted by Gasteiger charge is 2.18. The molecule has 0 saturated heterocycles. The molecule has 98 valence electrons. The van der Waals surface area contributed by atoms with Crippen molar-refractivity contribution in [3.8, 4) is 5.75 Å². The van der Waals surface area contributed by atoms with Gasteiger partial charge < -0.3 is 21.3 Å². The molecule has 0 unspecified atom stereocenters. The van der Waals surface area contributed by atoms with Crippen LogP contribution in [0.1, 0.15) is 12.0 Å². The Bertz CT molecular complexity index is 417. The summed E-state index contributed by atoms with van der Waals surface area (Å²) in [5, 5.41) is 20.2. The van der Waals surface area contributed by atoms with Crippen molar-refractivity contribution in [3.63, 3.8) is 0 Å². The fraction of sp³-hybridized carbons (Fsp3) is 0.333. The van der Waals surface area contributed by atoms with Crippen molar-refractivity contribution in [2.45, 2.75) is 18.9 Å². The highest BCUT2D eigenvalue weighted by molar-refractivity contribution is 5.86. The molecule has 2 amide bonds. The minimum Gasteiger partial charge on any atom is -0.508 e. The minimum atomic E-state index is -0.825. The van der Waals surface area contributed by atoms with Gasteiger partial charge in [0.1, 0.15) is 11.8 Å². The van der Waals surface area contributed by atoms with Gasteiger partial charge in [-0.3, -0.25) is 9.59 Å². The lowest BCUT2D eigenvalue weighted by molar-refractivity contribution is -0.127. The van der Waals surface area contributed by atoms with E-state index in [4.69, 9.17) is 15.9 Å². The van der Waals surface area contributed by atoms with E-state index in [-0.39, 0.29) is 25.2 Å². The maximum atomic E-state index is 11.3. The average Bonchev–Trinajstić information content (AvgIpc) is 2.31. The van der Waals surface area contributed by atoms with Gasteiger partial charge in [-0.05, 0) is 17.7 Å². The third-order valence-electron chi connectivity index (χ3n) is 2.39. The second kappa shape index (κ2) is 6.61. The summed E-state index contributed by atoms with van der Waals surface area (Å²) < 4.78 is 0. The van der Waals surface area contributed by atoms with Gasteiger partial charge in [-0.2, -0.15) is 0 Å². The lowest BCUT2D eigenvalue weighted by atomic mass is 10.1. The first-order valence-corrected chi connectivity index (χ1v) is 5.50. The number of amides is 2. The van der Waals surface area contributed by atoms with Crippen LogP contribution in [0, 0.1) is 0 Å². The number of phenols is 1. The number of hydrogen-bond acceptors (Lipinski definition) is 4. The number of primary amides is 1. The number of benzene rings is 1. The van der Waals surface area contributed by atoms with Crippen LogP contribution >= 0.6 is 0 Å². The smallest absolute Gasteiger partial charge is 0.240 e. The van der Waals surface area contributed by atoms with Gasteiger partial charge in [0, 0.05) is 12.8 Å². The molecule has 1 aromatic rings. The monoisotopic (exact) mass is 252 g/mol. The van der Waals surface area contributed by atoms with E-state index in [9.17, 15) is 9.59 Å². The summed E-state index contributed by atoms with van der Waals surface area (Å²) in [5.74, 6) is -0.951. The Morgan fingerprint density at radius 1 is 1.28 bits per heavy atom. The first-order chi connectivity index (χ1) is 8.52. The number of carbonyl (C=O) groups is 2. The molecule has 0 heterocycles.